The molecular formula is C14H16NO+. The Bertz CT molecular complexity index is 492. The summed E-state index contributed by atoms with van der Waals surface area (Å²) in [5.74, 6) is 0.394. The smallest absolute Gasteiger partial charge is 0.169 e. The van der Waals surface area contributed by atoms with Crippen LogP contribution in [0.15, 0.2) is 36.7 Å². The summed E-state index contributed by atoms with van der Waals surface area (Å²) in [7, 11) is 2.00. The molecule has 0 radical (unpaired) electrons. The third kappa shape index (κ3) is 1.91. The van der Waals surface area contributed by atoms with E-state index in [0.717, 1.165) is 16.7 Å². The Morgan fingerprint density at radius 3 is 1.94 bits per heavy atom. The minimum absolute atomic E-state index is 0.394. The van der Waals surface area contributed by atoms with E-state index in [0.29, 0.717) is 5.75 Å². The molecule has 0 saturated heterocycles. The van der Waals surface area contributed by atoms with Gasteiger partial charge < -0.3 is 5.11 Å². The third-order valence-corrected chi connectivity index (χ3v) is 2.80. The van der Waals surface area contributed by atoms with Crippen molar-refractivity contribution < 1.29 is 9.67 Å². The standard InChI is InChI=1S/C14H15NO/c1-10-8-13(9-11(2)14(10)16)12-4-6-15(3)7-5-12/h4-9H,1-3H3/p+1. The minimum Gasteiger partial charge on any atom is -0.507 e. The maximum absolute atomic E-state index is 9.72. The summed E-state index contributed by atoms with van der Waals surface area (Å²) < 4.78 is 2.00. The Morgan fingerprint density at radius 1 is 0.938 bits per heavy atom. The molecule has 0 atom stereocenters. The van der Waals surface area contributed by atoms with Gasteiger partial charge in [-0.15, -0.1) is 0 Å². The second kappa shape index (κ2) is 3.97. The molecule has 0 amide bonds. The molecular weight excluding hydrogens is 198 g/mol. The fourth-order valence-electron chi connectivity index (χ4n) is 1.82. The van der Waals surface area contributed by atoms with E-state index >= 15 is 0 Å². The number of phenolic OH excluding ortho intramolecular Hbond substituents is 1. The van der Waals surface area contributed by atoms with Crippen LogP contribution in [0.2, 0.25) is 0 Å². The van der Waals surface area contributed by atoms with E-state index < -0.39 is 0 Å². The monoisotopic (exact) mass is 214 g/mol. The lowest BCUT2D eigenvalue weighted by molar-refractivity contribution is -0.671. The summed E-state index contributed by atoms with van der Waals surface area (Å²) in [5.41, 5.74) is 4.16. The van der Waals surface area contributed by atoms with Gasteiger partial charge in [-0.2, -0.15) is 0 Å². The Hall–Kier alpha value is -1.83. The van der Waals surface area contributed by atoms with Crippen molar-refractivity contribution in [2.45, 2.75) is 13.8 Å². The van der Waals surface area contributed by atoms with Gasteiger partial charge in [-0.3, -0.25) is 0 Å². The Balaban J connectivity index is 2.52. The van der Waals surface area contributed by atoms with Crippen LogP contribution in [0.5, 0.6) is 5.75 Å². The largest absolute Gasteiger partial charge is 0.507 e. The molecule has 0 aliphatic carbocycles. The zero-order chi connectivity index (χ0) is 11.7. The van der Waals surface area contributed by atoms with E-state index in [-0.39, 0.29) is 0 Å². The third-order valence-electron chi connectivity index (χ3n) is 2.80. The lowest BCUT2D eigenvalue weighted by Gasteiger charge is -2.07. The zero-order valence-electron chi connectivity index (χ0n) is 9.86. The first-order valence-electron chi connectivity index (χ1n) is 5.34. The van der Waals surface area contributed by atoms with E-state index in [1.807, 2.05) is 50.0 Å². The average Bonchev–Trinajstić information content (AvgIpc) is 2.26. The molecule has 0 bridgehead atoms. The molecule has 82 valence electrons. The van der Waals surface area contributed by atoms with Crippen molar-refractivity contribution in [1.82, 2.24) is 0 Å². The van der Waals surface area contributed by atoms with Gasteiger partial charge in [0.25, 0.3) is 0 Å². The van der Waals surface area contributed by atoms with E-state index in [4.69, 9.17) is 0 Å². The summed E-state index contributed by atoms with van der Waals surface area (Å²) in [5, 5.41) is 9.72. The molecule has 0 spiro atoms. The fraction of sp³-hybridized carbons (Fsp3) is 0.214. The molecule has 1 N–H and O–H groups in total. The van der Waals surface area contributed by atoms with Crippen molar-refractivity contribution >= 4 is 0 Å². The van der Waals surface area contributed by atoms with Crippen LogP contribution < -0.4 is 4.57 Å². The molecule has 0 aliphatic heterocycles. The van der Waals surface area contributed by atoms with Gasteiger partial charge in [0.2, 0.25) is 0 Å². The van der Waals surface area contributed by atoms with Crippen molar-refractivity contribution in [3.8, 4) is 16.9 Å². The molecule has 2 rings (SSSR count). The second-order valence-electron chi connectivity index (χ2n) is 4.21. The predicted octanol–water partition coefficient (Wildman–Crippen LogP) is 2.50. The van der Waals surface area contributed by atoms with Crippen LogP contribution in [0.4, 0.5) is 0 Å². The number of pyridine rings is 1. The average molecular weight is 214 g/mol. The molecule has 0 aliphatic rings. The first kappa shape index (κ1) is 10.7. The van der Waals surface area contributed by atoms with Crippen molar-refractivity contribution in [1.29, 1.82) is 0 Å². The summed E-state index contributed by atoms with van der Waals surface area (Å²) >= 11 is 0. The lowest BCUT2D eigenvalue weighted by Crippen LogP contribution is -2.25. The minimum atomic E-state index is 0.394. The number of hydrogen-bond donors (Lipinski definition) is 1. The van der Waals surface area contributed by atoms with Crippen molar-refractivity contribution in [3.63, 3.8) is 0 Å². The highest BCUT2D eigenvalue weighted by atomic mass is 16.3. The van der Waals surface area contributed by atoms with E-state index in [2.05, 4.69) is 12.1 Å². The van der Waals surface area contributed by atoms with Crippen LogP contribution in [0.3, 0.4) is 0 Å². The molecule has 0 unspecified atom stereocenters. The van der Waals surface area contributed by atoms with Crippen LogP contribution in [-0.2, 0) is 7.05 Å². The molecule has 1 aromatic carbocycles. The number of aromatic nitrogens is 1. The SMILES string of the molecule is Cc1cc(-c2cc[n+](C)cc2)cc(C)c1O. The van der Waals surface area contributed by atoms with Gasteiger partial charge >= 0.3 is 0 Å². The number of nitrogens with zero attached hydrogens (tertiary/aromatic N) is 1. The van der Waals surface area contributed by atoms with Gasteiger partial charge in [-0.1, -0.05) is 0 Å². The predicted molar refractivity (Wildman–Crippen MR) is 64.2 cm³/mol. The van der Waals surface area contributed by atoms with Crippen LogP contribution in [-0.4, -0.2) is 5.11 Å². The topological polar surface area (TPSA) is 24.1 Å². The Morgan fingerprint density at radius 2 is 1.44 bits per heavy atom. The Kier molecular flexibility index (Phi) is 2.65. The fourth-order valence-corrected chi connectivity index (χ4v) is 1.82. The first-order chi connectivity index (χ1) is 7.58. The summed E-state index contributed by atoms with van der Waals surface area (Å²) in [6.07, 6.45) is 4.04. The van der Waals surface area contributed by atoms with Gasteiger partial charge in [0, 0.05) is 12.1 Å². The van der Waals surface area contributed by atoms with Gasteiger partial charge in [0.15, 0.2) is 12.4 Å². The van der Waals surface area contributed by atoms with Crippen molar-refractivity contribution in [2.24, 2.45) is 7.05 Å². The van der Waals surface area contributed by atoms with Crippen LogP contribution in [0, 0.1) is 13.8 Å². The molecule has 1 heterocycles. The van der Waals surface area contributed by atoms with Gasteiger partial charge in [-0.25, -0.2) is 4.57 Å². The van der Waals surface area contributed by atoms with Gasteiger partial charge in [-0.05, 0) is 48.2 Å². The highest BCUT2D eigenvalue weighted by Gasteiger charge is 2.05. The number of aromatic hydroxyl groups is 1. The normalized spacial score (nSPS) is 10.4. The molecule has 16 heavy (non-hydrogen) atoms. The van der Waals surface area contributed by atoms with Gasteiger partial charge in [0.05, 0.1) is 0 Å². The van der Waals surface area contributed by atoms with E-state index in [9.17, 15) is 5.11 Å². The number of rotatable bonds is 1. The summed E-state index contributed by atoms with van der Waals surface area (Å²) in [6.45, 7) is 3.85. The highest BCUT2D eigenvalue weighted by molar-refractivity contribution is 5.66. The number of aryl methyl sites for hydroxylation is 3. The van der Waals surface area contributed by atoms with Crippen LogP contribution >= 0.6 is 0 Å². The van der Waals surface area contributed by atoms with Crippen LogP contribution in [0.1, 0.15) is 11.1 Å². The number of hydrogen-bond acceptors (Lipinski definition) is 1. The van der Waals surface area contributed by atoms with Gasteiger partial charge in [0.1, 0.15) is 12.8 Å². The highest BCUT2D eigenvalue weighted by Crippen LogP contribution is 2.28. The van der Waals surface area contributed by atoms with E-state index in [1.165, 1.54) is 5.56 Å². The molecule has 2 heteroatoms. The second-order valence-corrected chi connectivity index (χ2v) is 4.21. The maximum atomic E-state index is 9.72. The quantitative estimate of drug-likeness (QED) is 0.725. The molecule has 1 aromatic heterocycles. The summed E-state index contributed by atoms with van der Waals surface area (Å²) in [6, 6.07) is 8.17. The van der Waals surface area contributed by atoms with Crippen molar-refractivity contribution in [3.05, 3.63) is 47.8 Å². The maximum Gasteiger partial charge on any atom is 0.169 e. The number of benzene rings is 1. The molecule has 2 nitrogen and oxygen atoms in total. The van der Waals surface area contributed by atoms with Crippen LogP contribution in [0.25, 0.3) is 11.1 Å². The van der Waals surface area contributed by atoms with E-state index in [1.54, 1.807) is 0 Å². The molecule has 0 fully saturated rings. The molecule has 0 saturated carbocycles. The molecule has 2 aromatic rings. The first-order valence-corrected chi connectivity index (χ1v) is 5.34. The number of phenols is 1. The lowest BCUT2D eigenvalue weighted by atomic mass is 10.0. The Labute approximate surface area is 95.8 Å². The summed E-state index contributed by atoms with van der Waals surface area (Å²) in [4.78, 5) is 0. The van der Waals surface area contributed by atoms with Crippen molar-refractivity contribution in [2.75, 3.05) is 0 Å². The zero-order valence-corrected chi connectivity index (χ0v) is 9.86.